The molecule has 0 aliphatic carbocycles. The number of nitrogens with one attached hydrogen (secondary N) is 1. The van der Waals surface area contributed by atoms with E-state index in [4.69, 9.17) is 34.8 Å². The molecule has 2 aromatic carbocycles. The normalized spacial score (nSPS) is 17.3. The summed E-state index contributed by atoms with van der Waals surface area (Å²) >= 11 is 19.3. The minimum Gasteiger partial charge on any atom is -0.308 e. The highest BCUT2D eigenvalue weighted by Crippen LogP contribution is 2.42. The van der Waals surface area contributed by atoms with E-state index in [1.54, 1.807) is 18.2 Å². The van der Waals surface area contributed by atoms with E-state index in [1.165, 1.54) is 22.7 Å². The number of nitrogens with zero attached hydrogens (tertiary/aromatic N) is 1. The van der Waals surface area contributed by atoms with E-state index in [0.717, 1.165) is 12.1 Å². The number of rotatable bonds is 2. The summed E-state index contributed by atoms with van der Waals surface area (Å²) in [6.07, 6.45) is -4.61. The highest BCUT2D eigenvalue weighted by atomic mass is 35.5. The van der Waals surface area contributed by atoms with Gasteiger partial charge in [-0.1, -0.05) is 40.9 Å². The van der Waals surface area contributed by atoms with Crippen LogP contribution in [0.1, 0.15) is 16.5 Å². The van der Waals surface area contributed by atoms with Crippen LogP contribution in [-0.4, -0.2) is 23.2 Å². The van der Waals surface area contributed by atoms with E-state index in [0.29, 0.717) is 27.9 Å². The van der Waals surface area contributed by atoms with Gasteiger partial charge in [-0.15, -0.1) is 11.8 Å². The van der Waals surface area contributed by atoms with Crippen LogP contribution in [0.15, 0.2) is 36.4 Å². The summed E-state index contributed by atoms with van der Waals surface area (Å²) in [5.41, 5.74) is -0.282. The molecule has 1 unspecified atom stereocenters. The lowest BCUT2D eigenvalue weighted by Crippen LogP contribution is -2.34. The monoisotopic (exact) mass is 454 g/mol. The van der Waals surface area contributed by atoms with Crippen LogP contribution in [0.2, 0.25) is 15.1 Å². The predicted octanol–water partition coefficient (Wildman–Crippen LogP) is 6.95. The van der Waals surface area contributed by atoms with E-state index >= 15 is 0 Å². The lowest BCUT2D eigenvalue weighted by molar-refractivity contribution is -0.137. The van der Waals surface area contributed by atoms with Crippen LogP contribution < -0.4 is 5.32 Å². The molecule has 1 fully saturated rings. The molecular formula is C17H12Cl3F3N2OS. The summed E-state index contributed by atoms with van der Waals surface area (Å²) in [6.45, 7) is 0.430. The second kappa shape index (κ2) is 7.99. The quantitative estimate of drug-likeness (QED) is 0.532. The van der Waals surface area contributed by atoms with Crippen molar-refractivity contribution in [2.75, 3.05) is 17.6 Å². The van der Waals surface area contributed by atoms with E-state index in [-0.39, 0.29) is 11.1 Å². The highest BCUT2D eigenvalue weighted by Gasteiger charge is 2.35. The number of alkyl halides is 3. The topological polar surface area (TPSA) is 32.3 Å². The number of amides is 2. The third kappa shape index (κ3) is 4.59. The number of carbonyl (C=O) groups excluding carboxylic acids is 1. The zero-order valence-corrected chi connectivity index (χ0v) is 16.6. The van der Waals surface area contributed by atoms with Crippen LogP contribution in [0, 0.1) is 0 Å². The molecule has 0 aromatic heterocycles. The lowest BCUT2D eigenvalue weighted by Gasteiger charge is -2.25. The van der Waals surface area contributed by atoms with Gasteiger partial charge in [0.1, 0.15) is 5.37 Å². The Bertz CT molecular complexity index is 879. The van der Waals surface area contributed by atoms with Crippen molar-refractivity contribution in [3.05, 3.63) is 62.6 Å². The van der Waals surface area contributed by atoms with Crippen molar-refractivity contribution in [3.8, 4) is 0 Å². The number of carbonyl (C=O) groups is 1. The Morgan fingerprint density at radius 2 is 1.85 bits per heavy atom. The molecule has 1 saturated heterocycles. The molecule has 1 heterocycles. The fourth-order valence-corrected chi connectivity index (χ4v) is 4.75. The van der Waals surface area contributed by atoms with Crippen molar-refractivity contribution in [2.24, 2.45) is 0 Å². The van der Waals surface area contributed by atoms with Crippen molar-refractivity contribution in [2.45, 2.75) is 11.6 Å². The molecule has 0 bridgehead atoms. The Hall–Kier alpha value is -1.28. The van der Waals surface area contributed by atoms with Crippen LogP contribution in [-0.2, 0) is 6.18 Å². The first kappa shape index (κ1) is 20.5. The maximum Gasteiger partial charge on any atom is 0.417 e. The summed E-state index contributed by atoms with van der Waals surface area (Å²) in [6, 6.07) is 7.71. The summed E-state index contributed by atoms with van der Waals surface area (Å²) < 4.78 is 39.0. The van der Waals surface area contributed by atoms with E-state index in [9.17, 15) is 18.0 Å². The average Bonchev–Trinajstić information content (AvgIpc) is 3.05. The Balaban J connectivity index is 1.81. The van der Waals surface area contributed by atoms with Gasteiger partial charge in [0.2, 0.25) is 0 Å². The Morgan fingerprint density at radius 3 is 2.52 bits per heavy atom. The number of anilines is 1. The Morgan fingerprint density at radius 1 is 1.11 bits per heavy atom. The molecule has 0 spiro atoms. The van der Waals surface area contributed by atoms with Crippen molar-refractivity contribution in [1.29, 1.82) is 0 Å². The number of hydrogen-bond donors (Lipinski definition) is 1. The molecule has 1 N–H and O–H groups in total. The number of hydrogen-bond acceptors (Lipinski definition) is 2. The van der Waals surface area contributed by atoms with Gasteiger partial charge in [-0.2, -0.15) is 13.2 Å². The number of halogens is 6. The van der Waals surface area contributed by atoms with Gasteiger partial charge < -0.3 is 10.2 Å². The average molecular weight is 456 g/mol. The van der Waals surface area contributed by atoms with E-state index in [1.807, 2.05) is 0 Å². The molecule has 2 amide bonds. The maximum absolute atomic E-state index is 13.0. The van der Waals surface area contributed by atoms with Crippen molar-refractivity contribution >= 4 is 58.3 Å². The number of benzene rings is 2. The van der Waals surface area contributed by atoms with Gasteiger partial charge >= 0.3 is 12.2 Å². The summed E-state index contributed by atoms with van der Waals surface area (Å²) in [5.74, 6) is 0.672. The van der Waals surface area contributed by atoms with Crippen LogP contribution in [0.4, 0.5) is 23.7 Å². The predicted molar refractivity (Wildman–Crippen MR) is 104 cm³/mol. The third-order valence-electron chi connectivity index (χ3n) is 3.90. The fraction of sp³-hybridized carbons (Fsp3) is 0.235. The fourth-order valence-electron chi connectivity index (χ4n) is 2.65. The largest absolute Gasteiger partial charge is 0.417 e. The minimum absolute atomic E-state index is 0.00887. The summed E-state index contributed by atoms with van der Waals surface area (Å²) in [7, 11) is 0. The zero-order chi connectivity index (χ0) is 19.8. The zero-order valence-electron chi connectivity index (χ0n) is 13.5. The molecule has 27 heavy (non-hydrogen) atoms. The Labute approximate surface area is 172 Å². The first-order valence-electron chi connectivity index (χ1n) is 7.68. The van der Waals surface area contributed by atoms with Crippen molar-refractivity contribution < 1.29 is 18.0 Å². The van der Waals surface area contributed by atoms with Gasteiger partial charge in [0.05, 0.1) is 10.6 Å². The molecule has 0 saturated carbocycles. The molecule has 2 aromatic rings. The smallest absolute Gasteiger partial charge is 0.308 e. The van der Waals surface area contributed by atoms with Crippen molar-refractivity contribution in [1.82, 2.24) is 4.90 Å². The summed E-state index contributed by atoms with van der Waals surface area (Å²) in [5, 5.41) is 2.61. The van der Waals surface area contributed by atoms with Crippen LogP contribution in [0.3, 0.4) is 0 Å². The molecule has 144 valence electrons. The second-order valence-electron chi connectivity index (χ2n) is 5.70. The van der Waals surface area contributed by atoms with Gasteiger partial charge in [-0.3, -0.25) is 0 Å². The lowest BCUT2D eigenvalue weighted by atomic mass is 10.2. The molecule has 3 nitrogen and oxygen atoms in total. The van der Waals surface area contributed by atoms with Gasteiger partial charge in [0.25, 0.3) is 0 Å². The first-order chi connectivity index (χ1) is 12.7. The van der Waals surface area contributed by atoms with Gasteiger partial charge in [-0.05, 0) is 30.3 Å². The van der Waals surface area contributed by atoms with Gasteiger partial charge in [0.15, 0.2) is 0 Å². The van der Waals surface area contributed by atoms with Crippen LogP contribution >= 0.6 is 46.6 Å². The molecule has 1 aliphatic heterocycles. The van der Waals surface area contributed by atoms with E-state index in [2.05, 4.69) is 5.32 Å². The molecule has 3 rings (SSSR count). The SMILES string of the molecule is O=C(Nc1ccc(Cl)c(C(F)(F)F)c1)N1CCSC1c1ccc(Cl)cc1Cl. The number of thioether (sulfide) groups is 1. The van der Waals surface area contributed by atoms with E-state index < -0.39 is 22.8 Å². The second-order valence-corrected chi connectivity index (χ2v) is 8.14. The van der Waals surface area contributed by atoms with Crippen LogP contribution in [0.25, 0.3) is 0 Å². The molecule has 1 atom stereocenters. The van der Waals surface area contributed by atoms with Crippen LogP contribution in [0.5, 0.6) is 0 Å². The number of urea groups is 1. The highest BCUT2D eigenvalue weighted by molar-refractivity contribution is 7.99. The molecule has 1 aliphatic rings. The minimum atomic E-state index is -4.61. The van der Waals surface area contributed by atoms with Crippen molar-refractivity contribution in [3.63, 3.8) is 0 Å². The molecule has 10 heteroatoms. The molecule has 0 radical (unpaired) electrons. The third-order valence-corrected chi connectivity index (χ3v) is 6.04. The Kier molecular flexibility index (Phi) is 6.05. The standard InChI is InChI=1S/C17H12Cl3F3N2OS/c18-9-1-3-11(14(20)7-9)15-25(5-6-27-15)16(26)24-10-2-4-13(19)12(8-10)17(21,22)23/h1-4,7-8,15H,5-6H2,(H,24,26). The maximum atomic E-state index is 13.0. The van der Waals surface area contributed by atoms with Gasteiger partial charge in [-0.25, -0.2) is 4.79 Å². The van der Waals surface area contributed by atoms with Gasteiger partial charge in [0, 0.05) is 33.6 Å². The first-order valence-corrected chi connectivity index (χ1v) is 9.86. The molecular weight excluding hydrogens is 444 g/mol. The summed E-state index contributed by atoms with van der Waals surface area (Å²) in [4.78, 5) is 14.2.